The monoisotopic (exact) mass is 340 g/mol. The van der Waals surface area contributed by atoms with E-state index < -0.39 is 5.97 Å². The summed E-state index contributed by atoms with van der Waals surface area (Å²) in [6.07, 6.45) is 0. The first-order valence-electron chi connectivity index (χ1n) is 7.51. The molecule has 3 rings (SSSR count). The van der Waals surface area contributed by atoms with Crippen molar-refractivity contribution in [2.75, 3.05) is 14.2 Å². The Morgan fingerprint density at radius 1 is 1.12 bits per heavy atom. The molecule has 0 amide bonds. The molecular formula is C18H16N2O5. The number of hydrogen-bond donors (Lipinski definition) is 0. The quantitative estimate of drug-likeness (QED) is 0.663. The van der Waals surface area contributed by atoms with Crippen molar-refractivity contribution in [2.45, 2.75) is 6.54 Å². The number of benzene rings is 1. The van der Waals surface area contributed by atoms with Crippen LogP contribution in [0.3, 0.4) is 0 Å². The zero-order chi connectivity index (χ0) is 17.8. The molecule has 0 radical (unpaired) electrons. The Labute approximate surface area is 143 Å². The Morgan fingerprint density at radius 2 is 1.92 bits per heavy atom. The van der Waals surface area contributed by atoms with Crippen LogP contribution in [-0.4, -0.2) is 30.0 Å². The van der Waals surface area contributed by atoms with Crippen molar-refractivity contribution in [1.82, 2.24) is 9.78 Å². The number of esters is 1. The maximum Gasteiger partial charge on any atom is 0.373 e. The smallest absolute Gasteiger partial charge is 0.373 e. The molecule has 25 heavy (non-hydrogen) atoms. The fourth-order valence-corrected chi connectivity index (χ4v) is 2.38. The molecule has 2 aromatic heterocycles. The van der Waals surface area contributed by atoms with Crippen molar-refractivity contribution in [2.24, 2.45) is 0 Å². The van der Waals surface area contributed by atoms with Crippen molar-refractivity contribution >= 4 is 5.97 Å². The van der Waals surface area contributed by atoms with Crippen LogP contribution in [0.2, 0.25) is 0 Å². The van der Waals surface area contributed by atoms with Crippen molar-refractivity contribution in [1.29, 1.82) is 0 Å². The van der Waals surface area contributed by atoms with Gasteiger partial charge in [0.25, 0.3) is 5.56 Å². The predicted molar refractivity (Wildman–Crippen MR) is 89.6 cm³/mol. The molecule has 0 spiro atoms. The number of carbonyl (C=O) groups excluding carboxylic acids is 1. The minimum Gasteiger partial charge on any atom is -0.496 e. The summed E-state index contributed by atoms with van der Waals surface area (Å²) >= 11 is 0. The number of rotatable bonds is 5. The highest BCUT2D eigenvalue weighted by Gasteiger charge is 2.13. The van der Waals surface area contributed by atoms with Gasteiger partial charge in [-0.1, -0.05) is 12.1 Å². The molecule has 7 heteroatoms. The van der Waals surface area contributed by atoms with Crippen LogP contribution in [0.5, 0.6) is 5.75 Å². The van der Waals surface area contributed by atoms with Gasteiger partial charge in [-0.25, -0.2) is 9.48 Å². The van der Waals surface area contributed by atoms with Gasteiger partial charge in [-0.3, -0.25) is 4.79 Å². The minimum atomic E-state index is -0.575. The van der Waals surface area contributed by atoms with E-state index in [9.17, 15) is 9.59 Å². The van der Waals surface area contributed by atoms with Gasteiger partial charge in [0.15, 0.2) is 0 Å². The minimum absolute atomic E-state index is 0.0754. The first-order valence-corrected chi connectivity index (χ1v) is 7.51. The SMILES string of the molecule is COC(=O)c1ccc(Cn2nc(-c3ccccc3OC)ccc2=O)o1. The molecule has 2 heterocycles. The topological polar surface area (TPSA) is 83.6 Å². The van der Waals surface area contributed by atoms with Crippen molar-refractivity contribution in [3.8, 4) is 17.0 Å². The normalized spacial score (nSPS) is 10.5. The molecule has 3 aromatic rings. The van der Waals surface area contributed by atoms with Crippen molar-refractivity contribution in [3.63, 3.8) is 0 Å². The molecule has 0 saturated carbocycles. The molecule has 0 atom stereocenters. The van der Waals surface area contributed by atoms with E-state index in [2.05, 4.69) is 9.84 Å². The molecule has 0 aliphatic carbocycles. The molecule has 0 aliphatic rings. The van der Waals surface area contributed by atoms with Gasteiger partial charge in [0.1, 0.15) is 18.1 Å². The lowest BCUT2D eigenvalue weighted by Crippen LogP contribution is -2.22. The van der Waals surface area contributed by atoms with Gasteiger partial charge < -0.3 is 13.9 Å². The third-order valence-corrected chi connectivity index (χ3v) is 3.60. The van der Waals surface area contributed by atoms with E-state index in [4.69, 9.17) is 9.15 Å². The van der Waals surface area contributed by atoms with Crippen LogP contribution in [0.25, 0.3) is 11.3 Å². The third kappa shape index (κ3) is 3.45. The molecule has 0 N–H and O–H groups in total. The molecule has 1 aromatic carbocycles. The Hall–Kier alpha value is -3.35. The molecule has 0 unspecified atom stereocenters. The summed E-state index contributed by atoms with van der Waals surface area (Å²) in [6.45, 7) is 0.0960. The fraction of sp³-hybridized carbons (Fsp3) is 0.167. The van der Waals surface area contributed by atoms with Gasteiger partial charge in [0, 0.05) is 11.6 Å². The molecule has 7 nitrogen and oxygen atoms in total. The fourth-order valence-electron chi connectivity index (χ4n) is 2.38. The van der Waals surface area contributed by atoms with E-state index in [1.807, 2.05) is 24.3 Å². The summed E-state index contributed by atoms with van der Waals surface area (Å²) in [7, 11) is 2.85. The molecule has 0 fully saturated rings. The number of aromatic nitrogens is 2. The second-order valence-corrected chi connectivity index (χ2v) is 5.17. The third-order valence-electron chi connectivity index (χ3n) is 3.60. The summed E-state index contributed by atoms with van der Waals surface area (Å²) in [5.74, 6) is 0.583. The maximum atomic E-state index is 12.1. The summed E-state index contributed by atoms with van der Waals surface area (Å²) in [6, 6.07) is 13.6. The zero-order valence-electron chi connectivity index (χ0n) is 13.8. The second kappa shape index (κ2) is 7.04. The number of nitrogens with zero attached hydrogens (tertiary/aromatic N) is 2. The van der Waals surface area contributed by atoms with E-state index in [-0.39, 0.29) is 17.9 Å². The van der Waals surface area contributed by atoms with Crippen LogP contribution in [-0.2, 0) is 11.3 Å². The van der Waals surface area contributed by atoms with Crippen LogP contribution in [0.4, 0.5) is 0 Å². The van der Waals surface area contributed by atoms with E-state index in [1.54, 1.807) is 19.2 Å². The van der Waals surface area contributed by atoms with Gasteiger partial charge in [0.05, 0.1) is 19.9 Å². The van der Waals surface area contributed by atoms with Crippen LogP contribution in [0.15, 0.2) is 57.7 Å². The van der Waals surface area contributed by atoms with E-state index >= 15 is 0 Å². The largest absolute Gasteiger partial charge is 0.496 e. The van der Waals surface area contributed by atoms with Crippen LogP contribution >= 0.6 is 0 Å². The van der Waals surface area contributed by atoms with Crippen LogP contribution in [0.1, 0.15) is 16.3 Å². The van der Waals surface area contributed by atoms with Gasteiger partial charge >= 0.3 is 5.97 Å². The van der Waals surface area contributed by atoms with Crippen molar-refractivity contribution in [3.05, 3.63) is 70.4 Å². The summed E-state index contributed by atoms with van der Waals surface area (Å²) < 4.78 is 16.6. The molecule has 0 bridgehead atoms. The molecular weight excluding hydrogens is 324 g/mol. The Morgan fingerprint density at radius 3 is 2.68 bits per heavy atom. The van der Waals surface area contributed by atoms with Crippen LogP contribution in [0, 0.1) is 0 Å². The molecule has 0 saturated heterocycles. The summed E-state index contributed by atoms with van der Waals surface area (Å²) in [5, 5.41) is 4.37. The number of hydrogen-bond acceptors (Lipinski definition) is 6. The van der Waals surface area contributed by atoms with Crippen LogP contribution < -0.4 is 10.3 Å². The summed E-state index contributed by atoms with van der Waals surface area (Å²) in [5.41, 5.74) is 1.08. The standard InChI is InChI=1S/C18H16N2O5/c1-23-15-6-4-3-5-13(15)14-8-10-17(21)20(19-14)11-12-7-9-16(25-12)18(22)24-2/h3-10H,11H2,1-2H3. The highest BCUT2D eigenvalue weighted by Crippen LogP contribution is 2.27. The predicted octanol–water partition coefficient (Wildman–Crippen LogP) is 2.35. The second-order valence-electron chi connectivity index (χ2n) is 5.17. The number of methoxy groups -OCH3 is 2. The van der Waals surface area contributed by atoms with Gasteiger partial charge in [-0.05, 0) is 30.3 Å². The first kappa shape index (κ1) is 16.5. The van der Waals surface area contributed by atoms with Gasteiger partial charge in [-0.15, -0.1) is 0 Å². The lowest BCUT2D eigenvalue weighted by Gasteiger charge is -2.09. The van der Waals surface area contributed by atoms with E-state index in [0.717, 1.165) is 5.56 Å². The number of ether oxygens (including phenoxy) is 2. The highest BCUT2D eigenvalue weighted by molar-refractivity contribution is 5.86. The summed E-state index contributed by atoms with van der Waals surface area (Å²) in [4.78, 5) is 23.5. The number of carbonyl (C=O) groups is 1. The number of furan rings is 1. The Balaban J connectivity index is 1.94. The first-order chi connectivity index (χ1) is 12.1. The average molecular weight is 340 g/mol. The average Bonchev–Trinajstić information content (AvgIpc) is 3.11. The van der Waals surface area contributed by atoms with Gasteiger partial charge in [-0.2, -0.15) is 5.10 Å². The van der Waals surface area contributed by atoms with E-state index in [1.165, 1.54) is 23.9 Å². The molecule has 0 aliphatic heterocycles. The van der Waals surface area contributed by atoms with Gasteiger partial charge in [0.2, 0.25) is 5.76 Å². The maximum absolute atomic E-state index is 12.1. The van der Waals surface area contributed by atoms with E-state index in [0.29, 0.717) is 17.2 Å². The molecule has 128 valence electrons. The zero-order valence-corrected chi connectivity index (χ0v) is 13.8. The number of para-hydroxylation sites is 1. The lowest BCUT2D eigenvalue weighted by atomic mass is 10.1. The Bertz CT molecular complexity index is 958. The lowest BCUT2D eigenvalue weighted by molar-refractivity contribution is 0.0562. The highest BCUT2D eigenvalue weighted by atomic mass is 16.5. The van der Waals surface area contributed by atoms with Crippen molar-refractivity contribution < 1.29 is 18.7 Å². The Kier molecular flexibility index (Phi) is 4.65.